The van der Waals surface area contributed by atoms with Crippen molar-refractivity contribution in [2.45, 2.75) is 0 Å². The van der Waals surface area contributed by atoms with E-state index in [4.69, 9.17) is 0 Å². The maximum Gasteiger partial charge on any atom is 0.257 e. The Morgan fingerprint density at radius 2 is 1.91 bits per heavy atom. The molecule has 0 aliphatic heterocycles. The molecule has 0 atom stereocenters. The molecule has 3 rings (SSSR count). The number of amides is 1. The van der Waals surface area contributed by atoms with Crippen LogP contribution >= 0.6 is 0 Å². The van der Waals surface area contributed by atoms with E-state index in [1.54, 1.807) is 24.5 Å². The predicted octanol–water partition coefficient (Wildman–Crippen LogP) is 3.13. The Labute approximate surface area is 134 Å². The fourth-order valence-electron chi connectivity index (χ4n) is 1.95. The fourth-order valence-corrected chi connectivity index (χ4v) is 1.95. The highest BCUT2D eigenvalue weighted by atomic mass is 16.1. The molecule has 0 spiro atoms. The summed E-state index contributed by atoms with van der Waals surface area (Å²) in [6, 6.07) is 16.4. The van der Waals surface area contributed by atoms with E-state index in [0.717, 1.165) is 5.56 Å². The van der Waals surface area contributed by atoms with Gasteiger partial charge in [-0.15, -0.1) is 0 Å². The van der Waals surface area contributed by atoms with Gasteiger partial charge in [-0.2, -0.15) is 0 Å². The zero-order valence-electron chi connectivity index (χ0n) is 12.2. The van der Waals surface area contributed by atoms with E-state index in [1.807, 2.05) is 42.5 Å². The summed E-state index contributed by atoms with van der Waals surface area (Å²) in [5.41, 5.74) is 2.71. The van der Waals surface area contributed by atoms with E-state index in [2.05, 4.69) is 27.1 Å². The largest absolute Gasteiger partial charge is 0.322 e. The lowest BCUT2D eigenvalue weighted by Gasteiger charge is -2.05. The smallest absolute Gasteiger partial charge is 0.257 e. The van der Waals surface area contributed by atoms with Crippen LogP contribution in [0.25, 0.3) is 0 Å². The number of aromatic nitrogens is 2. The summed E-state index contributed by atoms with van der Waals surface area (Å²) in [6.07, 6.45) is 4.86. The van der Waals surface area contributed by atoms with Gasteiger partial charge in [0.2, 0.25) is 0 Å². The molecule has 0 saturated heterocycles. The number of nitrogens with one attached hydrogen (secondary N) is 1. The van der Waals surface area contributed by atoms with E-state index in [9.17, 15) is 4.79 Å². The molecule has 0 radical (unpaired) electrons. The first kappa shape index (κ1) is 14.5. The Balaban J connectivity index is 1.76. The minimum Gasteiger partial charge on any atom is -0.322 e. The van der Waals surface area contributed by atoms with Gasteiger partial charge in [-0.1, -0.05) is 18.1 Å². The molecule has 3 aromatic rings. The van der Waals surface area contributed by atoms with Crippen molar-refractivity contribution < 1.29 is 4.79 Å². The van der Waals surface area contributed by atoms with Crippen molar-refractivity contribution in [2.75, 3.05) is 5.32 Å². The van der Waals surface area contributed by atoms with E-state index in [-0.39, 0.29) is 5.91 Å². The highest BCUT2D eigenvalue weighted by Gasteiger charge is 2.05. The molecule has 0 aliphatic carbocycles. The lowest BCUT2D eigenvalue weighted by atomic mass is 10.2. The average Bonchev–Trinajstić information content (AvgIpc) is 2.62. The molecular weight excluding hydrogens is 286 g/mol. The molecule has 1 amide bonds. The molecule has 0 bridgehead atoms. The number of anilines is 1. The molecule has 4 nitrogen and oxygen atoms in total. The van der Waals surface area contributed by atoms with Crippen LogP contribution in [0.15, 0.2) is 73.2 Å². The second-order valence-corrected chi connectivity index (χ2v) is 4.74. The van der Waals surface area contributed by atoms with Gasteiger partial charge in [-0.25, -0.2) is 4.98 Å². The molecule has 2 heterocycles. The summed E-state index contributed by atoms with van der Waals surface area (Å²) in [7, 11) is 0. The van der Waals surface area contributed by atoms with Crippen molar-refractivity contribution in [3.05, 3.63) is 90.0 Å². The molecule has 4 heteroatoms. The normalized spacial score (nSPS) is 9.57. The Bertz CT molecular complexity index is 865. The maximum absolute atomic E-state index is 12.1. The van der Waals surface area contributed by atoms with Crippen LogP contribution in [0.5, 0.6) is 0 Å². The minimum absolute atomic E-state index is 0.201. The number of pyridine rings is 2. The first-order valence-electron chi connectivity index (χ1n) is 7.06. The monoisotopic (exact) mass is 299 g/mol. The van der Waals surface area contributed by atoms with Crippen LogP contribution in [-0.2, 0) is 0 Å². The summed E-state index contributed by atoms with van der Waals surface area (Å²) in [4.78, 5) is 20.2. The van der Waals surface area contributed by atoms with Gasteiger partial charge in [0.05, 0.1) is 5.56 Å². The van der Waals surface area contributed by atoms with Gasteiger partial charge in [-0.05, 0) is 48.4 Å². The first-order valence-corrected chi connectivity index (χ1v) is 7.06. The fraction of sp³-hybridized carbons (Fsp3) is 0. The Morgan fingerprint density at radius 1 is 0.957 bits per heavy atom. The van der Waals surface area contributed by atoms with Gasteiger partial charge in [0.1, 0.15) is 5.69 Å². The third-order valence-corrected chi connectivity index (χ3v) is 3.04. The van der Waals surface area contributed by atoms with Crippen LogP contribution < -0.4 is 5.32 Å². The van der Waals surface area contributed by atoms with Crippen LogP contribution in [0.2, 0.25) is 0 Å². The number of hydrogen-bond acceptors (Lipinski definition) is 3. The van der Waals surface area contributed by atoms with E-state index >= 15 is 0 Å². The van der Waals surface area contributed by atoms with E-state index in [0.29, 0.717) is 16.9 Å². The SMILES string of the molecule is O=C(Nc1cccc(C#Cc2ccccn2)c1)c1cccnc1. The molecule has 2 aromatic heterocycles. The third kappa shape index (κ3) is 4.02. The van der Waals surface area contributed by atoms with Gasteiger partial charge in [-0.3, -0.25) is 9.78 Å². The molecule has 1 aromatic carbocycles. The molecule has 23 heavy (non-hydrogen) atoms. The number of nitrogens with zero attached hydrogens (tertiary/aromatic N) is 2. The number of carbonyl (C=O) groups excluding carboxylic acids is 1. The van der Waals surface area contributed by atoms with Crippen LogP contribution in [0.3, 0.4) is 0 Å². The Kier molecular flexibility index (Phi) is 4.41. The van der Waals surface area contributed by atoms with Crippen molar-refractivity contribution in [1.29, 1.82) is 0 Å². The van der Waals surface area contributed by atoms with Gasteiger partial charge in [0.25, 0.3) is 5.91 Å². The van der Waals surface area contributed by atoms with E-state index < -0.39 is 0 Å². The van der Waals surface area contributed by atoms with Crippen molar-refractivity contribution in [1.82, 2.24) is 9.97 Å². The van der Waals surface area contributed by atoms with Crippen LogP contribution in [0, 0.1) is 11.8 Å². The number of rotatable bonds is 2. The topological polar surface area (TPSA) is 54.9 Å². The van der Waals surface area contributed by atoms with Crippen molar-refractivity contribution in [2.24, 2.45) is 0 Å². The van der Waals surface area contributed by atoms with Gasteiger partial charge in [0.15, 0.2) is 0 Å². The van der Waals surface area contributed by atoms with Crippen molar-refractivity contribution >= 4 is 11.6 Å². The summed E-state index contributed by atoms with van der Waals surface area (Å²) in [5.74, 6) is 5.83. The quantitative estimate of drug-likeness (QED) is 0.740. The summed E-state index contributed by atoms with van der Waals surface area (Å²) in [5, 5.41) is 2.83. The molecule has 0 aliphatic rings. The summed E-state index contributed by atoms with van der Waals surface area (Å²) >= 11 is 0. The average molecular weight is 299 g/mol. The molecule has 0 fully saturated rings. The minimum atomic E-state index is -0.201. The Hall–Kier alpha value is -3.45. The van der Waals surface area contributed by atoms with Gasteiger partial charge < -0.3 is 5.32 Å². The zero-order valence-corrected chi connectivity index (χ0v) is 12.2. The van der Waals surface area contributed by atoms with Crippen molar-refractivity contribution in [3.63, 3.8) is 0 Å². The number of carbonyl (C=O) groups is 1. The third-order valence-electron chi connectivity index (χ3n) is 3.04. The second-order valence-electron chi connectivity index (χ2n) is 4.74. The molecular formula is C19H13N3O. The van der Waals surface area contributed by atoms with Crippen molar-refractivity contribution in [3.8, 4) is 11.8 Å². The zero-order chi connectivity index (χ0) is 15.9. The number of hydrogen-bond donors (Lipinski definition) is 1. The highest BCUT2D eigenvalue weighted by molar-refractivity contribution is 6.04. The Morgan fingerprint density at radius 3 is 2.70 bits per heavy atom. The summed E-state index contributed by atoms with van der Waals surface area (Å²) < 4.78 is 0. The molecule has 1 N–H and O–H groups in total. The molecule has 0 unspecified atom stereocenters. The standard InChI is InChI=1S/C19H13N3O/c23-19(16-6-4-11-20-14-16)22-18-8-3-5-15(13-18)9-10-17-7-1-2-12-21-17/h1-8,11-14H,(H,22,23). The second kappa shape index (κ2) is 7.01. The van der Waals surface area contributed by atoms with E-state index in [1.165, 1.54) is 6.20 Å². The molecule has 110 valence electrons. The predicted molar refractivity (Wildman–Crippen MR) is 88.8 cm³/mol. The van der Waals surface area contributed by atoms with Crippen LogP contribution in [0.4, 0.5) is 5.69 Å². The molecule has 0 saturated carbocycles. The lowest BCUT2D eigenvalue weighted by Crippen LogP contribution is -2.11. The van der Waals surface area contributed by atoms with Crippen LogP contribution in [-0.4, -0.2) is 15.9 Å². The first-order chi connectivity index (χ1) is 11.3. The highest BCUT2D eigenvalue weighted by Crippen LogP contribution is 2.11. The lowest BCUT2D eigenvalue weighted by molar-refractivity contribution is 0.102. The number of benzene rings is 1. The maximum atomic E-state index is 12.1. The van der Waals surface area contributed by atoms with Gasteiger partial charge >= 0.3 is 0 Å². The summed E-state index contributed by atoms with van der Waals surface area (Å²) in [6.45, 7) is 0. The van der Waals surface area contributed by atoms with Gasteiger partial charge in [0, 0.05) is 29.8 Å². The van der Waals surface area contributed by atoms with Crippen LogP contribution in [0.1, 0.15) is 21.6 Å².